The fraction of sp³-hybridized carbons (Fsp3) is 0.538. The third-order valence-corrected chi connectivity index (χ3v) is 8.51. The molecule has 1 spiro atoms. The van der Waals surface area contributed by atoms with Crippen LogP contribution in [0.15, 0.2) is 24.0 Å². The Kier molecular flexibility index (Phi) is 6.14. The first-order valence-electron chi connectivity index (χ1n) is 12.4. The highest BCUT2D eigenvalue weighted by Gasteiger charge is 2.74. The van der Waals surface area contributed by atoms with Crippen LogP contribution in [-0.4, -0.2) is 73.3 Å². The molecule has 3 aliphatic carbocycles. The van der Waals surface area contributed by atoms with Crippen molar-refractivity contribution < 1.29 is 58.9 Å². The topological polar surface area (TPSA) is 197 Å². The SMILES string of the molecule is CC1CC[C@]23c4c5ccc(O)c4O[C@H]2C(OC(=O)C[C@H](O)C(=O)O)=CC[C@@]3(OC(=O)C[C@H](O)C(=O)O)[C@H]1C5. The number of aliphatic hydroxyl groups is 2. The minimum absolute atomic E-state index is 0.0431. The van der Waals surface area contributed by atoms with Gasteiger partial charge in [-0.3, -0.25) is 9.59 Å². The van der Waals surface area contributed by atoms with E-state index < -0.39 is 66.0 Å². The first kappa shape index (κ1) is 26.0. The molecule has 1 heterocycles. The molecule has 0 aromatic heterocycles. The summed E-state index contributed by atoms with van der Waals surface area (Å²) in [6.45, 7) is 2.03. The lowest BCUT2D eigenvalue weighted by Gasteiger charge is -2.62. The standard InChI is InChI=1S/C26H28O12/c1-11-4-6-25-20-12-2-3-14(27)21(20)37-22(25)17(36-18(30)9-15(28)23(32)33)5-7-26(25,13(11)8-12)38-19(31)10-16(29)24(34)35/h2-3,5,11,13,15-16,22,27-29H,4,6-10H2,1H3,(H,32,33)(H,34,35)/t11?,13-,15-,16-,22-,25-,26+/m0/s1. The Hall–Kier alpha value is -3.64. The number of carbonyl (C=O) groups excluding carboxylic acids is 2. The molecule has 1 saturated carbocycles. The third kappa shape index (κ3) is 3.65. The van der Waals surface area contributed by atoms with Gasteiger partial charge in [-0.15, -0.1) is 0 Å². The number of esters is 2. The molecule has 1 fully saturated rings. The van der Waals surface area contributed by atoms with E-state index in [0.717, 1.165) is 5.56 Å². The van der Waals surface area contributed by atoms with Crippen LogP contribution in [-0.2, 0) is 40.5 Å². The van der Waals surface area contributed by atoms with Crippen LogP contribution in [0.5, 0.6) is 11.5 Å². The summed E-state index contributed by atoms with van der Waals surface area (Å²) in [5, 5.41) is 48.1. The van der Waals surface area contributed by atoms with Crippen LogP contribution in [0, 0.1) is 11.8 Å². The number of rotatable bonds is 8. The van der Waals surface area contributed by atoms with Gasteiger partial charge in [0.05, 0.1) is 18.3 Å². The number of aromatic hydroxyl groups is 1. The van der Waals surface area contributed by atoms with E-state index in [1.165, 1.54) is 12.1 Å². The number of phenols is 1. The highest BCUT2D eigenvalue weighted by Crippen LogP contribution is 2.69. The predicted octanol–water partition coefficient (Wildman–Crippen LogP) is 0.777. The predicted molar refractivity (Wildman–Crippen MR) is 124 cm³/mol. The fourth-order valence-electron chi connectivity index (χ4n) is 6.90. The maximum Gasteiger partial charge on any atom is 0.333 e. The summed E-state index contributed by atoms with van der Waals surface area (Å²) < 4.78 is 17.9. The molecule has 1 unspecified atom stereocenters. The van der Waals surface area contributed by atoms with Crippen molar-refractivity contribution in [3.8, 4) is 11.5 Å². The van der Waals surface area contributed by atoms with Crippen LogP contribution in [0.3, 0.4) is 0 Å². The second-order valence-electron chi connectivity index (χ2n) is 10.5. The second kappa shape index (κ2) is 8.98. The molecule has 1 aliphatic heterocycles. The van der Waals surface area contributed by atoms with Gasteiger partial charge in [-0.1, -0.05) is 13.0 Å². The Labute approximate surface area is 216 Å². The van der Waals surface area contributed by atoms with E-state index >= 15 is 0 Å². The Bertz CT molecular complexity index is 1250. The number of aliphatic carboxylic acids is 2. The number of benzene rings is 1. The van der Waals surface area contributed by atoms with Crippen molar-refractivity contribution in [2.75, 3.05) is 0 Å². The third-order valence-electron chi connectivity index (χ3n) is 8.51. The van der Waals surface area contributed by atoms with Gasteiger partial charge >= 0.3 is 23.9 Å². The van der Waals surface area contributed by atoms with Crippen LogP contribution >= 0.6 is 0 Å². The van der Waals surface area contributed by atoms with E-state index in [-0.39, 0.29) is 35.5 Å². The monoisotopic (exact) mass is 532 g/mol. The number of aliphatic hydroxyl groups excluding tert-OH is 2. The average Bonchev–Trinajstić information content (AvgIpc) is 3.20. The van der Waals surface area contributed by atoms with Crippen molar-refractivity contribution in [1.82, 2.24) is 0 Å². The van der Waals surface area contributed by atoms with E-state index in [4.69, 9.17) is 24.4 Å². The molecule has 12 nitrogen and oxygen atoms in total. The molecular formula is C26H28O12. The Balaban J connectivity index is 1.60. The molecule has 7 atom stereocenters. The number of phenolic OH excluding ortho intramolecular Hbond substituents is 1. The van der Waals surface area contributed by atoms with Gasteiger partial charge < -0.3 is 39.7 Å². The number of carboxylic acid groups (broad SMARTS) is 2. The average molecular weight is 532 g/mol. The van der Waals surface area contributed by atoms with E-state index in [2.05, 4.69) is 0 Å². The van der Waals surface area contributed by atoms with E-state index in [9.17, 15) is 34.5 Å². The van der Waals surface area contributed by atoms with Gasteiger partial charge in [0, 0.05) is 17.9 Å². The van der Waals surface area contributed by atoms with E-state index in [0.29, 0.717) is 24.8 Å². The molecule has 4 aliphatic rings. The molecule has 5 rings (SSSR count). The molecule has 0 amide bonds. The molecule has 2 bridgehead atoms. The summed E-state index contributed by atoms with van der Waals surface area (Å²) >= 11 is 0. The highest BCUT2D eigenvalue weighted by atomic mass is 16.6. The molecule has 0 radical (unpaired) electrons. The molecular weight excluding hydrogens is 504 g/mol. The lowest BCUT2D eigenvalue weighted by molar-refractivity contribution is -0.210. The summed E-state index contributed by atoms with van der Waals surface area (Å²) in [5.41, 5.74) is -0.856. The van der Waals surface area contributed by atoms with Crippen LogP contribution in [0.2, 0.25) is 0 Å². The molecule has 38 heavy (non-hydrogen) atoms. The molecule has 0 saturated heterocycles. The Morgan fingerprint density at radius 3 is 2.39 bits per heavy atom. The number of hydrogen-bond donors (Lipinski definition) is 5. The zero-order valence-electron chi connectivity index (χ0n) is 20.5. The number of carbonyl (C=O) groups is 4. The Morgan fingerprint density at radius 2 is 1.74 bits per heavy atom. The quantitative estimate of drug-likeness (QED) is 0.295. The van der Waals surface area contributed by atoms with Gasteiger partial charge in [-0.2, -0.15) is 0 Å². The second-order valence-corrected chi connectivity index (χ2v) is 10.5. The van der Waals surface area contributed by atoms with Crippen molar-refractivity contribution in [1.29, 1.82) is 0 Å². The van der Waals surface area contributed by atoms with Gasteiger partial charge in [0.2, 0.25) is 0 Å². The lowest BCUT2D eigenvalue weighted by atomic mass is 9.44. The zero-order valence-corrected chi connectivity index (χ0v) is 20.5. The van der Waals surface area contributed by atoms with Crippen LogP contribution in [0.4, 0.5) is 0 Å². The summed E-state index contributed by atoms with van der Waals surface area (Å²) in [6.07, 6.45) is -3.32. The van der Waals surface area contributed by atoms with Gasteiger partial charge in [0.1, 0.15) is 11.4 Å². The summed E-state index contributed by atoms with van der Waals surface area (Å²) in [4.78, 5) is 47.7. The maximum atomic E-state index is 13.0. The molecule has 5 N–H and O–H groups in total. The van der Waals surface area contributed by atoms with Crippen LogP contribution in [0.25, 0.3) is 0 Å². The molecule has 12 heteroatoms. The molecule has 1 aromatic rings. The van der Waals surface area contributed by atoms with Gasteiger partial charge in [-0.25, -0.2) is 9.59 Å². The molecule has 1 aromatic carbocycles. The normalized spacial score (nSPS) is 31.7. The lowest BCUT2D eigenvalue weighted by Crippen LogP contribution is -2.70. The first-order chi connectivity index (χ1) is 17.9. The van der Waals surface area contributed by atoms with Crippen molar-refractivity contribution in [2.45, 2.75) is 74.8 Å². The fourth-order valence-corrected chi connectivity index (χ4v) is 6.90. The highest BCUT2D eigenvalue weighted by molar-refractivity contribution is 5.82. The van der Waals surface area contributed by atoms with E-state index in [1.807, 2.05) is 6.92 Å². The summed E-state index contributed by atoms with van der Waals surface area (Å²) in [6, 6.07) is 3.28. The van der Waals surface area contributed by atoms with Crippen LogP contribution in [0.1, 0.15) is 50.2 Å². The summed E-state index contributed by atoms with van der Waals surface area (Å²) in [7, 11) is 0. The van der Waals surface area contributed by atoms with Crippen molar-refractivity contribution in [3.63, 3.8) is 0 Å². The minimum Gasteiger partial charge on any atom is -0.504 e. The first-order valence-corrected chi connectivity index (χ1v) is 12.4. The largest absolute Gasteiger partial charge is 0.504 e. The van der Waals surface area contributed by atoms with Crippen molar-refractivity contribution >= 4 is 23.9 Å². The van der Waals surface area contributed by atoms with Crippen LogP contribution < -0.4 is 4.74 Å². The minimum atomic E-state index is -1.96. The smallest absolute Gasteiger partial charge is 0.333 e. The summed E-state index contributed by atoms with van der Waals surface area (Å²) in [5.74, 6) is -5.16. The Morgan fingerprint density at radius 1 is 1.08 bits per heavy atom. The van der Waals surface area contributed by atoms with E-state index in [1.54, 1.807) is 6.07 Å². The van der Waals surface area contributed by atoms with Gasteiger partial charge in [-0.05, 0) is 42.9 Å². The van der Waals surface area contributed by atoms with Crippen molar-refractivity contribution in [2.24, 2.45) is 11.8 Å². The van der Waals surface area contributed by atoms with Gasteiger partial charge in [0.15, 0.2) is 29.8 Å². The zero-order chi connectivity index (χ0) is 27.6. The van der Waals surface area contributed by atoms with Gasteiger partial charge in [0.25, 0.3) is 0 Å². The van der Waals surface area contributed by atoms with Crippen molar-refractivity contribution in [3.05, 3.63) is 35.1 Å². The maximum absolute atomic E-state index is 13.0. The molecule has 204 valence electrons. The number of hydrogen-bond acceptors (Lipinski definition) is 10. The number of ether oxygens (including phenoxy) is 3. The number of carboxylic acids is 2.